The van der Waals surface area contributed by atoms with Crippen LogP contribution in [-0.4, -0.2) is 34.1 Å². The van der Waals surface area contributed by atoms with E-state index < -0.39 is 11.9 Å². The highest BCUT2D eigenvalue weighted by Crippen LogP contribution is 2.32. The summed E-state index contributed by atoms with van der Waals surface area (Å²) in [5, 5.41) is 13.3. The van der Waals surface area contributed by atoms with Gasteiger partial charge in [0.2, 0.25) is 0 Å². The van der Waals surface area contributed by atoms with Crippen molar-refractivity contribution < 1.29 is 38.4 Å². The first-order valence-electron chi connectivity index (χ1n) is 25.9. The molecule has 0 bridgehead atoms. The number of ether oxygens (including phenoxy) is 5. The summed E-state index contributed by atoms with van der Waals surface area (Å²) >= 11 is 3.25. The summed E-state index contributed by atoms with van der Waals surface area (Å²) < 4.78 is 28.4. The third-order valence-electron chi connectivity index (χ3n) is 12.8. The van der Waals surface area contributed by atoms with Crippen molar-refractivity contribution in [1.82, 2.24) is 9.97 Å². The van der Waals surface area contributed by atoms with Crippen molar-refractivity contribution in [3.8, 4) is 45.3 Å². The molecule has 4 aromatic heterocycles. The summed E-state index contributed by atoms with van der Waals surface area (Å²) in [6.07, 6.45) is 15.7. The molecule has 0 fully saturated rings. The fourth-order valence-electron chi connectivity index (χ4n) is 8.81. The van der Waals surface area contributed by atoms with Crippen LogP contribution in [0.2, 0.25) is 0 Å². The van der Waals surface area contributed by atoms with E-state index in [-0.39, 0.29) is 5.56 Å². The Morgan fingerprint density at radius 1 is 0.467 bits per heavy atom. The predicted octanol–water partition coefficient (Wildman–Crippen LogP) is 16.8. The number of rotatable bonds is 26. The lowest BCUT2D eigenvalue weighted by molar-refractivity contribution is 0.0598. The van der Waals surface area contributed by atoms with Gasteiger partial charge in [0.05, 0.1) is 30.6 Å². The molecule has 12 heteroatoms. The SMILES string of the molecule is CCCC(CCC)c1ccc(OCc2ccc(-c3csc(COc4cncc(C(=O)O)c4)c3)cc2)cc1.CCCC(CCC)c1ccc(OCc2ccc(-c3csc(COc4cncc(C(=O)OC)c4)c3)cc2)cc1. The third-order valence-corrected chi connectivity index (χ3v) is 14.6. The van der Waals surface area contributed by atoms with Crippen LogP contribution < -0.4 is 18.9 Å². The fourth-order valence-corrected chi connectivity index (χ4v) is 10.4. The maximum Gasteiger partial charge on any atom is 0.339 e. The Hall–Kier alpha value is -7.28. The van der Waals surface area contributed by atoms with Gasteiger partial charge in [-0.1, -0.05) is 126 Å². The number of hydrogen-bond donors (Lipinski definition) is 1. The van der Waals surface area contributed by atoms with Crippen LogP contribution in [0.3, 0.4) is 0 Å². The Bertz CT molecular complexity index is 2970. The largest absolute Gasteiger partial charge is 0.489 e. The number of hydrogen-bond acceptors (Lipinski definition) is 11. The van der Waals surface area contributed by atoms with Crippen LogP contribution in [0.4, 0.5) is 0 Å². The summed E-state index contributed by atoms with van der Waals surface area (Å²) in [5.74, 6) is 2.60. The molecular formula is C63H68N2O8S2. The lowest BCUT2D eigenvalue weighted by Gasteiger charge is -2.16. The van der Waals surface area contributed by atoms with E-state index in [4.69, 9.17) is 28.8 Å². The van der Waals surface area contributed by atoms with E-state index in [1.165, 1.54) is 94.3 Å². The number of nitrogens with zero attached hydrogens (tertiary/aromatic N) is 2. The van der Waals surface area contributed by atoms with Crippen molar-refractivity contribution in [2.24, 2.45) is 0 Å². The number of aromatic carboxylic acids is 1. The van der Waals surface area contributed by atoms with Gasteiger partial charge >= 0.3 is 11.9 Å². The Labute approximate surface area is 450 Å². The Kier molecular flexibility index (Phi) is 21.4. The molecule has 0 amide bonds. The zero-order valence-electron chi connectivity index (χ0n) is 43.7. The molecule has 8 aromatic rings. The zero-order valence-corrected chi connectivity index (χ0v) is 45.3. The quantitative estimate of drug-likeness (QED) is 0.0524. The molecule has 0 saturated heterocycles. The van der Waals surface area contributed by atoms with Gasteiger partial charge in [-0.2, -0.15) is 0 Å². The molecule has 0 radical (unpaired) electrons. The normalized spacial score (nSPS) is 11.0. The number of carbonyl (C=O) groups excluding carboxylic acids is 1. The van der Waals surface area contributed by atoms with Gasteiger partial charge in [0, 0.05) is 22.1 Å². The number of carbonyl (C=O) groups is 2. The first kappa shape index (κ1) is 55.5. The number of aromatic nitrogens is 2. The second-order valence-electron chi connectivity index (χ2n) is 18.5. The van der Waals surface area contributed by atoms with Gasteiger partial charge in [-0.25, -0.2) is 9.59 Å². The number of benzene rings is 4. The second-order valence-corrected chi connectivity index (χ2v) is 20.4. The van der Waals surface area contributed by atoms with Crippen LogP contribution >= 0.6 is 22.7 Å². The summed E-state index contributed by atoms with van der Waals surface area (Å²) in [4.78, 5) is 32.9. The fraction of sp³-hybridized carbons (Fsp3) is 0.302. The van der Waals surface area contributed by atoms with Gasteiger partial charge in [0.15, 0.2) is 0 Å². The number of carboxylic acids is 1. The average molecular weight is 1050 g/mol. The topological polar surface area (TPSA) is 126 Å². The number of esters is 1. The molecule has 390 valence electrons. The van der Waals surface area contributed by atoms with Crippen LogP contribution in [-0.2, 0) is 31.2 Å². The molecule has 0 spiro atoms. The van der Waals surface area contributed by atoms with Crippen LogP contribution in [0.1, 0.15) is 144 Å². The smallest absolute Gasteiger partial charge is 0.339 e. The Morgan fingerprint density at radius 3 is 1.24 bits per heavy atom. The zero-order chi connectivity index (χ0) is 52.8. The third kappa shape index (κ3) is 16.9. The number of methoxy groups -OCH3 is 1. The molecule has 0 saturated carbocycles. The second kappa shape index (κ2) is 29.0. The molecule has 0 aliphatic carbocycles. The Morgan fingerprint density at radius 2 is 0.853 bits per heavy atom. The average Bonchev–Trinajstić information content (AvgIpc) is 4.14. The van der Waals surface area contributed by atoms with Crippen molar-refractivity contribution in [2.75, 3.05) is 7.11 Å². The van der Waals surface area contributed by atoms with E-state index in [1.54, 1.807) is 34.9 Å². The lowest BCUT2D eigenvalue weighted by Crippen LogP contribution is -2.02. The van der Waals surface area contributed by atoms with E-state index in [0.717, 1.165) is 54.6 Å². The van der Waals surface area contributed by atoms with E-state index in [2.05, 4.69) is 158 Å². The lowest BCUT2D eigenvalue weighted by atomic mass is 9.90. The number of thiophene rings is 2. The van der Waals surface area contributed by atoms with Gasteiger partial charge in [0.25, 0.3) is 0 Å². The first-order valence-corrected chi connectivity index (χ1v) is 27.7. The molecule has 1 N–H and O–H groups in total. The molecule has 0 atom stereocenters. The van der Waals surface area contributed by atoms with E-state index in [1.807, 2.05) is 0 Å². The van der Waals surface area contributed by atoms with Gasteiger partial charge in [-0.05, 0) is 141 Å². The van der Waals surface area contributed by atoms with Gasteiger partial charge < -0.3 is 28.8 Å². The Balaban J connectivity index is 0.000000219. The molecule has 0 unspecified atom stereocenters. The number of pyridine rings is 2. The van der Waals surface area contributed by atoms with Crippen molar-refractivity contribution in [3.63, 3.8) is 0 Å². The van der Waals surface area contributed by atoms with Crippen molar-refractivity contribution in [1.29, 1.82) is 0 Å². The maximum atomic E-state index is 11.7. The van der Waals surface area contributed by atoms with E-state index in [0.29, 0.717) is 55.3 Å². The highest BCUT2D eigenvalue weighted by Gasteiger charge is 2.14. The minimum Gasteiger partial charge on any atom is -0.489 e. The molecule has 0 aliphatic heterocycles. The van der Waals surface area contributed by atoms with Crippen molar-refractivity contribution in [3.05, 3.63) is 200 Å². The molecular weight excluding hydrogens is 977 g/mol. The van der Waals surface area contributed by atoms with Gasteiger partial charge in [-0.3, -0.25) is 9.97 Å². The summed E-state index contributed by atoms with van der Waals surface area (Å²) in [6, 6.07) is 41.4. The van der Waals surface area contributed by atoms with Crippen LogP contribution in [0, 0.1) is 0 Å². The number of carboxylic acid groups (broad SMARTS) is 1. The minimum absolute atomic E-state index is 0.109. The van der Waals surface area contributed by atoms with Crippen molar-refractivity contribution in [2.45, 2.75) is 117 Å². The molecule has 75 heavy (non-hydrogen) atoms. The monoisotopic (exact) mass is 1040 g/mol. The summed E-state index contributed by atoms with van der Waals surface area (Å²) in [5.41, 5.74) is 10.1. The van der Waals surface area contributed by atoms with Crippen LogP contribution in [0.25, 0.3) is 22.3 Å². The van der Waals surface area contributed by atoms with Gasteiger partial charge in [0.1, 0.15) is 49.4 Å². The highest BCUT2D eigenvalue weighted by molar-refractivity contribution is 7.10. The summed E-state index contributed by atoms with van der Waals surface area (Å²) in [6.45, 7) is 10.8. The van der Waals surface area contributed by atoms with Gasteiger partial charge in [-0.15, -0.1) is 22.7 Å². The molecule has 0 aliphatic rings. The molecule has 8 rings (SSSR count). The molecule has 4 aromatic carbocycles. The molecule has 4 heterocycles. The first-order chi connectivity index (χ1) is 36.6. The van der Waals surface area contributed by atoms with Crippen LogP contribution in [0.15, 0.2) is 157 Å². The standard InChI is InChI=1S/C32H35NO4S.C31H33NO4S/c1-4-6-24(7-5-2)25-12-14-29(15-13-25)36-20-23-8-10-26(11-9-23)28-17-31(38-22-28)21-37-30-16-27(18-33-19-30)32(34)35-3;1-3-5-23(6-4-2)24-11-13-28(14-12-24)35-19-22-7-9-25(10-8-22)27-16-30(37-21-27)20-36-29-15-26(31(33)34)17-32-18-29/h8-19,22,24H,4-7,20-21H2,1-3H3;7-18,21,23H,3-6,19-20H2,1-2H3,(H,33,34). The minimum atomic E-state index is -1.02. The van der Waals surface area contributed by atoms with E-state index in [9.17, 15) is 9.59 Å². The molecule has 10 nitrogen and oxygen atoms in total. The maximum absolute atomic E-state index is 11.7. The predicted molar refractivity (Wildman–Crippen MR) is 302 cm³/mol. The van der Waals surface area contributed by atoms with E-state index >= 15 is 0 Å². The summed E-state index contributed by atoms with van der Waals surface area (Å²) in [7, 11) is 1.34. The van der Waals surface area contributed by atoms with Crippen LogP contribution in [0.5, 0.6) is 23.0 Å². The van der Waals surface area contributed by atoms with Crippen molar-refractivity contribution >= 4 is 34.6 Å². The highest BCUT2D eigenvalue weighted by atomic mass is 32.1.